The second-order valence-corrected chi connectivity index (χ2v) is 7.91. The molecule has 10 heteroatoms. The molecule has 0 unspecified atom stereocenters. The van der Waals surface area contributed by atoms with Gasteiger partial charge in [0.25, 0.3) is 5.56 Å². The van der Waals surface area contributed by atoms with Crippen molar-refractivity contribution in [1.82, 2.24) is 18.9 Å². The topological polar surface area (TPSA) is 131 Å². The van der Waals surface area contributed by atoms with Gasteiger partial charge in [0.2, 0.25) is 5.78 Å². The van der Waals surface area contributed by atoms with E-state index in [2.05, 4.69) is 5.10 Å². The fourth-order valence-electron chi connectivity index (χ4n) is 3.58. The Morgan fingerprint density at radius 2 is 1.61 bits per heavy atom. The summed E-state index contributed by atoms with van der Waals surface area (Å²) in [5.41, 5.74) is 6.87. The highest BCUT2D eigenvalue weighted by atomic mass is 16.5. The van der Waals surface area contributed by atoms with E-state index in [-0.39, 0.29) is 5.82 Å². The fourth-order valence-corrected chi connectivity index (χ4v) is 3.58. The van der Waals surface area contributed by atoms with Gasteiger partial charge in [-0.05, 0) is 18.2 Å². The molecule has 2 aromatic carbocycles. The van der Waals surface area contributed by atoms with Crippen molar-refractivity contribution in [2.45, 2.75) is 0 Å². The van der Waals surface area contributed by atoms with Crippen LogP contribution >= 0.6 is 0 Å². The van der Waals surface area contributed by atoms with Gasteiger partial charge in [0.1, 0.15) is 11.4 Å². The van der Waals surface area contributed by atoms with Crippen molar-refractivity contribution in [3.8, 4) is 16.9 Å². The maximum Gasteiger partial charge on any atom is 0.332 e. The van der Waals surface area contributed by atoms with Gasteiger partial charge in [-0.3, -0.25) is 18.7 Å². The van der Waals surface area contributed by atoms with E-state index in [4.69, 9.17) is 10.5 Å². The number of rotatable bonds is 7. The lowest BCUT2D eigenvalue weighted by molar-refractivity contribution is -0.136. The molecule has 36 heavy (non-hydrogen) atoms. The van der Waals surface area contributed by atoms with Gasteiger partial charge >= 0.3 is 11.7 Å². The van der Waals surface area contributed by atoms with Crippen LogP contribution in [0.25, 0.3) is 23.0 Å². The Bertz CT molecular complexity index is 1580. The van der Waals surface area contributed by atoms with Gasteiger partial charge in [-0.2, -0.15) is 5.10 Å². The van der Waals surface area contributed by atoms with E-state index >= 15 is 0 Å². The van der Waals surface area contributed by atoms with E-state index in [1.54, 1.807) is 17.0 Å². The van der Waals surface area contributed by atoms with Crippen molar-refractivity contribution in [3.63, 3.8) is 0 Å². The number of ketones is 1. The Balaban J connectivity index is 1.55. The average Bonchev–Trinajstić information content (AvgIpc) is 3.34. The molecule has 2 N–H and O–H groups in total. The number of carbonyl (C=O) groups excluding carboxylic acids is 2. The number of nitrogens with zero attached hydrogens (tertiary/aromatic N) is 4. The maximum atomic E-state index is 12.6. The number of esters is 1. The summed E-state index contributed by atoms with van der Waals surface area (Å²) in [7, 11) is 2.57. The third-order valence-electron chi connectivity index (χ3n) is 5.54. The molecular weight excluding hydrogens is 462 g/mol. The number of hydrogen-bond donors (Lipinski definition) is 1. The van der Waals surface area contributed by atoms with Crippen molar-refractivity contribution in [3.05, 3.63) is 105 Å². The zero-order valence-corrected chi connectivity index (χ0v) is 19.6. The fraction of sp³-hybridized carbons (Fsp3) is 0.115. The van der Waals surface area contributed by atoms with E-state index in [1.807, 2.05) is 60.7 Å². The van der Waals surface area contributed by atoms with Crippen molar-refractivity contribution < 1.29 is 14.3 Å². The predicted octanol–water partition coefficient (Wildman–Crippen LogP) is 1.96. The number of Topliss-reactive ketones (excluding diaryl/α,β-unsaturated/α-hetero) is 1. The highest BCUT2D eigenvalue weighted by molar-refractivity contribution is 6.02. The van der Waals surface area contributed by atoms with E-state index < -0.39 is 35.2 Å². The molecular formula is C26H23N5O5. The molecule has 0 aliphatic heterocycles. The van der Waals surface area contributed by atoms with Crippen LogP contribution in [0.4, 0.5) is 5.82 Å². The van der Waals surface area contributed by atoms with Crippen LogP contribution in [0.2, 0.25) is 0 Å². The summed E-state index contributed by atoms with van der Waals surface area (Å²) in [5, 5.41) is 4.67. The third-order valence-corrected chi connectivity index (χ3v) is 5.54. The van der Waals surface area contributed by atoms with Crippen LogP contribution in [-0.4, -0.2) is 37.3 Å². The second-order valence-electron chi connectivity index (χ2n) is 7.91. The lowest BCUT2D eigenvalue weighted by atomic mass is 10.1. The van der Waals surface area contributed by atoms with Crippen LogP contribution in [0.5, 0.6) is 0 Å². The molecule has 0 aliphatic carbocycles. The Morgan fingerprint density at radius 3 is 2.28 bits per heavy atom. The summed E-state index contributed by atoms with van der Waals surface area (Å²) < 4.78 is 8.49. The normalized spacial score (nSPS) is 11.1. The van der Waals surface area contributed by atoms with Gasteiger partial charge in [0, 0.05) is 37.5 Å². The lowest BCUT2D eigenvalue weighted by Crippen LogP contribution is -2.42. The molecule has 0 radical (unpaired) electrons. The number of para-hydroxylation sites is 1. The van der Waals surface area contributed by atoms with Crippen molar-refractivity contribution in [1.29, 1.82) is 0 Å². The summed E-state index contributed by atoms with van der Waals surface area (Å²) in [5.74, 6) is -1.90. The first-order valence-corrected chi connectivity index (χ1v) is 10.9. The van der Waals surface area contributed by atoms with Crippen LogP contribution in [0.15, 0.2) is 82.5 Å². The van der Waals surface area contributed by atoms with Crippen molar-refractivity contribution >= 4 is 23.6 Å². The van der Waals surface area contributed by atoms with Crippen molar-refractivity contribution in [2.75, 3.05) is 12.3 Å². The van der Waals surface area contributed by atoms with Crippen LogP contribution < -0.4 is 17.0 Å². The number of anilines is 1. The maximum absolute atomic E-state index is 12.6. The smallest absolute Gasteiger partial charge is 0.332 e. The Morgan fingerprint density at radius 1 is 0.972 bits per heavy atom. The second kappa shape index (κ2) is 10.1. The largest absolute Gasteiger partial charge is 0.454 e. The molecule has 0 atom stereocenters. The molecule has 0 fully saturated rings. The van der Waals surface area contributed by atoms with E-state index in [0.29, 0.717) is 11.3 Å². The quantitative estimate of drug-likeness (QED) is 0.240. The summed E-state index contributed by atoms with van der Waals surface area (Å²) >= 11 is 0. The zero-order chi connectivity index (χ0) is 25.8. The lowest BCUT2D eigenvalue weighted by Gasteiger charge is -2.10. The molecule has 10 nitrogen and oxygen atoms in total. The Hall–Kier alpha value is -4.99. The van der Waals surface area contributed by atoms with Gasteiger partial charge in [-0.25, -0.2) is 14.3 Å². The number of hydrogen-bond acceptors (Lipinski definition) is 7. The van der Waals surface area contributed by atoms with Gasteiger partial charge in [-0.1, -0.05) is 48.5 Å². The SMILES string of the molecule is Cn1c(N)c(C(=O)COC(=O)C=Cc2cn(-c3ccccc3)nc2-c2ccccc2)c(=O)n(C)c1=O. The minimum absolute atomic E-state index is 0.291. The summed E-state index contributed by atoms with van der Waals surface area (Å²) in [6, 6.07) is 19.0. The number of benzene rings is 2. The molecule has 4 aromatic rings. The van der Waals surface area contributed by atoms with Gasteiger partial charge in [0.05, 0.1) is 11.4 Å². The Labute approximate surface area is 205 Å². The number of nitrogens with two attached hydrogens (primary N) is 1. The van der Waals surface area contributed by atoms with Crippen LogP contribution in [-0.2, 0) is 23.6 Å². The number of ether oxygens (including phenoxy) is 1. The molecule has 182 valence electrons. The molecule has 4 rings (SSSR count). The molecule has 0 amide bonds. The first-order chi connectivity index (χ1) is 17.3. The van der Waals surface area contributed by atoms with Crippen molar-refractivity contribution in [2.24, 2.45) is 14.1 Å². The standard InChI is InChI=1S/C26H23N5O5/c1-29-24(27)22(25(34)30(2)26(29)35)20(32)16-36-21(33)14-13-18-15-31(19-11-7-4-8-12-19)28-23(18)17-9-5-3-6-10-17/h3-15H,16,27H2,1-2H3. The predicted molar refractivity (Wildman–Crippen MR) is 135 cm³/mol. The molecule has 0 saturated heterocycles. The van der Waals surface area contributed by atoms with Gasteiger partial charge < -0.3 is 10.5 Å². The number of carbonyl (C=O) groups is 2. The molecule has 0 aliphatic rings. The monoisotopic (exact) mass is 485 g/mol. The number of aromatic nitrogens is 4. The van der Waals surface area contributed by atoms with E-state index in [9.17, 15) is 19.2 Å². The van der Waals surface area contributed by atoms with E-state index in [1.165, 1.54) is 20.2 Å². The van der Waals surface area contributed by atoms with E-state index in [0.717, 1.165) is 20.4 Å². The highest BCUT2D eigenvalue weighted by Crippen LogP contribution is 2.24. The first-order valence-electron chi connectivity index (χ1n) is 10.9. The Kier molecular flexibility index (Phi) is 6.77. The van der Waals surface area contributed by atoms with Crippen LogP contribution in [0, 0.1) is 0 Å². The molecule has 2 aromatic heterocycles. The molecule has 0 spiro atoms. The summed E-state index contributed by atoms with van der Waals surface area (Å²) in [6.07, 6.45) is 4.50. The molecule has 0 bridgehead atoms. The van der Waals surface area contributed by atoms with Gasteiger partial charge in [-0.15, -0.1) is 0 Å². The summed E-state index contributed by atoms with van der Waals surface area (Å²) in [6.45, 7) is -0.713. The minimum Gasteiger partial charge on any atom is -0.454 e. The molecule has 2 heterocycles. The van der Waals surface area contributed by atoms with Gasteiger partial charge in [0.15, 0.2) is 6.61 Å². The average molecular weight is 486 g/mol. The third kappa shape index (κ3) is 4.78. The minimum atomic E-state index is -0.854. The first kappa shape index (κ1) is 24.1. The molecule has 0 saturated carbocycles. The van der Waals surface area contributed by atoms with Crippen LogP contribution in [0.3, 0.4) is 0 Å². The summed E-state index contributed by atoms with van der Waals surface area (Å²) in [4.78, 5) is 49.2. The van der Waals surface area contributed by atoms with Crippen LogP contribution in [0.1, 0.15) is 15.9 Å². The number of nitrogen functional groups attached to an aromatic ring is 1. The zero-order valence-electron chi connectivity index (χ0n) is 19.6. The highest BCUT2D eigenvalue weighted by Gasteiger charge is 2.21.